The van der Waals surface area contributed by atoms with Crippen LogP contribution in [0.25, 0.3) is 0 Å². The highest BCUT2D eigenvalue weighted by Gasteiger charge is 2.50. The summed E-state index contributed by atoms with van der Waals surface area (Å²) in [5.74, 6) is -0.0175. The van der Waals surface area contributed by atoms with Crippen LogP contribution >= 0.6 is 12.2 Å². The molecule has 1 amide bonds. The topological polar surface area (TPSA) is 64.3 Å². The Kier molecular flexibility index (Phi) is 3.16. The van der Waals surface area contributed by atoms with Gasteiger partial charge in [0.25, 0.3) is 0 Å². The van der Waals surface area contributed by atoms with Gasteiger partial charge in [-0.3, -0.25) is 4.79 Å². The van der Waals surface area contributed by atoms with Gasteiger partial charge in [-0.05, 0) is 33.1 Å². The van der Waals surface area contributed by atoms with E-state index in [9.17, 15) is 4.79 Å². The van der Waals surface area contributed by atoms with Gasteiger partial charge < -0.3 is 15.8 Å². The lowest BCUT2D eigenvalue weighted by Gasteiger charge is -2.42. The van der Waals surface area contributed by atoms with E-state index in [2.05, 4.69) is 5.32 Å². The largest absolute Gasteiger partial charge is 0.392 e. The number of nitrogens with two attached hydrogens (primary N) is 1. The minimum atomic E-state index is -0.597. The van der Waals surface area contributed by atoms with E-state index in [0.29, 0.717) is 11.6 Å². The second-order valence-electron chi connectivity index (χ2n) is 5.43. The Morgan fingerprint density at radius 3 is 2.47 bits per heavy atom. The lowest BCUT2D eigenvalue weighted by atomic mass is 9.67. The van der Waals surface area contributed by atoms with Crippen LogP contribution in [0.5, 0.6) is 0 Å². The molecule has 2 fully saturated rings. The Hall–Kier alpha value is -0.680. The van der Waals surface area contributed by atoms with Crippen molar-refractivity contribution in [2.24, 2.45) is 11.1 Å². The summed E-state index contributed by atoms with van der Waals surface area (Å²) in [5, 5.41) is 3.10. The summed E-state index contributed by atoms with van der Waals surface area (Å²) in [4.78, 5) is 12.7. The van der Waals surface area contributed by atoms with E-state index in [1.54, 1.807) is 0 Å². The first-order valence-corrected chi connectivity index (χ1v) is 6.56. The van der Waals surface area contributed by atoms with E-state index in [1.807, 2.05) is 13.8 Å². The Morgan fingerprint density at radius 2 is 2.12 bits per heavy atom. The zero-order valence-electron chi connectivity index (χ0n) is 10.4. The van der Waals surface area contributed by atoms with Gasteiger partial charge in [0.2, 0.25) is 5.91 Å². The fourth-order valence-corrected chi connectivity index (χ4v) is 2.79. The molecule has 3 N–H and O–H groups in total. The number of thiocarbonyl (C=S) groups is 1. The van der Waals surface area contributed by atoms with Gasteiger partial charge in [-0.15, -0.1) is 0 Å². The van der Waals surface area contributed by atoms with Crippen molar-refractivity contribution in [3.05, 3.63) is 0 Å². The second kappa shape index (κ2) is 4.21. The van der Waals surface area contributed by atoms with Crippen LogP contribution in [-0.4, -0.2) is 29.1 Å². The molecule has 96 valence electrons. The number of ether oxygens (including phenoxy) is 1. The molecule has 17 heavy (non-hydrogen) atoms. The number of hydrogen-bond donors (Lipinski definition) is 2. The summed E-state index contributed by atoms with van der Waals surface area (Å²) in [6.45, 7) is 4.70. The number of carbonyl (C=O) groups excluding carboxylic acids is 1. The maximum Gasteiger partial charge on any atom is 0.233 e. The molecule has 2 aliphatic rings. The summed E-state index contributed by atoms with van der Waals surface area (Å²) in [7, 11) is 0. The van der Waals surface area contributed by atoms with Crippen molar-refractivity contribution in [2.45, 2.75) is 51.2 Å². The average molecular weight is 256 g/mol. The molecule has 1 heterocycles. The minimum Gasteiger partial charge on any atom is -0.392 e. The van der Waals surface area contributed by atoms with Crippen LogP contribution in [0.1, 0.15) is 39.5 Å². The summed E-state index contributed by atoms with van der Waals surface area (Å²) in [5.41, 5.74) is 4.84. The molecule has 2 rings (SSSR count). The standard InChI is InChI=1S/C12H20N2O2S/c1-8-11(2,6-7-16-8)14-10(15)12(9(13)17)4-3-5-12/h8H,3-7H2,1-2H3,(H2,13,17)(H,14,15). The molecule has 5 heteroatoms. The van der Waals surface area contributed by atoms with Crippen LogP contribution in [0, 0.1) is 5.41 Å². The van der Waals surface area contributed by atoms with Crippen LogP contribution in [0.3, 0.4) is 0 Å². The highest BCUT2D eigenvalue weighted by atomic mass is 32.1. The highest BCUT2D eigenvalue weighted by molar-refractivity contribution is 7.80. The van der Waals surface area contributed by atoms with Gasteiger partial charge in [-0.2, -0.15) is 0 Å². The van der Waals surface area contributed by atoms with Gasteiger partial charge in [0.1, 0.15) is 0 Å². The molecule has 0 bridgehead atoms. The van der Waals surface area contributed by atoms with Crippen molar-refractivity contribution in [1.82, 2.24) is 5.32 Å². The zero-order chi connectivity index (χ0) is 12.7. The number of nitrogens with one attached hydrogen (secondary N) is 1. The summed E-state index contributed by atoms with van der Waals surface area (Å²) < 4.78 is 5.52. The fraction of sp³-hybridized carbons (Fsp3) is 0.833. The third-order valence-corrected chi connectivity index (χ3v) is 4.79. The second-order valence-corrected chi connectivity index (χ2v) is 5.87. The molecule has 0 aromatic heterocycles. The van der Waals surface area contributed by atoms with Crippen molar-refractivity contribution in [3.63, 3.8) is 0 Å². The van der Waals surface area contributed by atoms with E-state index in [4.69, 9.17) is 22.7 Å². The van der Waals surface area contributed by atoms with Crippen LogP contribution in [0.4, 0.5) is 0 Å². The monoisotopic (exact) mass is 256 g/mol. The molecule has 2 unspecified atom stereocenters. The van der Waals surface area contributed by atoms with Crippen LogP contribution in [-0.2, 0) is 9.53 Å². The first kappa shape index (κ1) is 12.8. The number of carbonyl (C=O) groups is 1. The Bertz CT molecular complexity index is 354. The molecule has 1 saturated heterocycles. The maximum absolute atomic E-state index is 12.4. The van der Waals surface area contributed by atoms with Crippen molar-refractivity contribution in [2.75, 3.05) is 6.61 Å². The predicted molar refractivity (Wildman–Crippen MR) is 69.6 cm³/mol. The lowest BCUT2D eigenvalue weighted by Crippen LogP contribution is -2.60. The van der Waals surface area contributed by atoms with E-state index < -0.39 is 5.41 Å². The first-order valence-electron chi connectivity index (χ1n) is 6.15. The molecule has 0 spiro atoms. The molecular formula is C12H20N2O2S. The van der Waals surface area contributed by atoms with Crippen LogP contribution < -0.4 is 11.1 Å². The molecule has 1 aliphatic heterocycles. The van der Waals surface area contributed by atoms with Gasteiger partial charge in [-0.25, -0.2) is 0 Å². The third-order valence-electron chi connectivity index (χ3n) is 4.40. The Morgan fingerprint density at radius 1 is 1.47 bits per heavy atom. The van der Waals surface area contributed by atoms with Crippen molar-refractivity contribution in [1.29, 1.82) is 0 Å². The molecule has 0 aromatic rings. The van der Waals surface area contributed by atoms with Gasteiger partial charge in [-0.1, -0.05) is 18.6 Å². The van der Waals surface area contributed by atoms with E-state index in [1.165, 1.54) is 0 Å². The number of amides is 1. The van der Waals surface area contributed by atoms with Gasteiger partial charge >= 0.3 is 0 Å². The summed E-state index contributed by atoms with van der Waals surface area (Å²) >= 11 is 5.05. The average Bonchev–Trinajstić information content (AvgIpc) is 2.43. The number of hydrogen-bond acceptors (Lipinski definition) is 3. The van der Waals surface area contributed by atoms with Crippen molar-refractivity contribution >= 4 is 23.1 Å². The number of rotatable bonds is 3. The summed E-state index contributed by atoms with van der Waals surface area (Å²) in [6, 6.07) is 0. The Labute approximate surface area is 107 Å². The molecule has 1 aliphatic carbocycles. The van der Waals surface area contributed by atoms with Crippen LogP contribution in [0.2, 0.25) is 0 Å². The lowest BCUT2D eigenvalue weighted by molar-refractivity contribution is -0.133. The van der Waals surface area contributed by atoms with Gasteiger partial charge in [0, 0.05) is 6.61 Å². The van der Waals surface area contributed by atoms with Crippen molar-refractivity contribution < 1.29 is 9.53 Å². The van der Waals surface area contributed by atoms with E-state index in [0.717, 1.165) is 25.7 Å². The fourth-order valence-electron chi connectivity index (χ4n) is 2.49. The van der Waals surface area contributed by atoms with E-state index in [-0.39, 0.29) is 17.6 Å². The minimum absolute atomic E-state index is 0.0175. The van der Waals surface area contributed by atoms with Gasteiger partial charge in [0.15, 0.2) is 0 Å². The normalized spacial score (nSPS) is 35.1. The summed E-state index contributed by atoms with van der Waals surface area (Å²) in [6.07, 6.45) is 3.45. The SMILES string of the molecule is CC1OCCC1(C)NC(=O)C1(C(N)=S)CCC1. The predicted octanol–water partition coefficient (Wildman–Crippen LogP) is 1.13. The maximum atomic E-state index is 12.4. The molecule has 2 atom stereocenters. The molecule has 4 nitrogen and oxygen atoms in total. The third kappa shape index (κ3) is 1.95. The van der Waals surface area contributed by atoms with Crippen LogP contribution in [0.15, 0.2) is 0 Å². The molecular weight excluding hydrogens is 236 g/mol. The quantitative estimate of drug-likeness (QED) is 0.743. The van der Waals surface area contributed by atoms with Crippen molar-refractivity contribution in [3.8, 4) is 0 Å². The zero-order valence-corrected chi connectivity index (χ0v) is 11.2. The first-order chi connectivity index (χ1) is 7.91. The Balaban J connectivity index is 2.08. The molecule has 1 saturated carbocycles. The van der Waals surface area contributed by atoms with E-state index >= 15 is 0 Å². The smallest absolute Gasteiger partial charge is 0.233 e. The van der Waals surface area contributed by atoms with Gasteiger partial charge in [0.05, 0.1) is 22.0 Å². The molecule has 0 radical (unpaired) electrons. The highest BCUT2D eigenvalue weighted by Crippen LogP contribution is 2.42. The molecule has 0 aromatic carbocycles.